The number of rotatable bonds is 3. The number of aliphatic hydroxyl groups is 1. The SMILES string of the molecule is O=C(Cc1ccc(S)cc1)N1CCC(CO)C1. The molecular formula is C13H17NO2S. The molecule has 0 saturated carbocycles. The van der Waals surface area contributed by atoms with Gasteiger partial charge < -0.3 is 10.0 Å². The van der Waals surface area contributed by atoms with Crippen molar-refractivity contribution in [1.29, 1.82) is 0 Å². The van der Waals surface area contributed by atoms with Gasteiger partial charge in [0.15, 0.2) is 0 Å². The van der Waals surface area contributed by atoms with E-state index in [-0.39, 0.29) is 18.4 Å². The maximum Gasteiger partial charge on any atom is 0.227 e. The Bertz CT molecular complexity index is 391. The molecular weight excluding hydrogens is 234 g/mol. The standard InChI is InChI=1S/C13H17NO2S/c15-9-11-5-6-14(8-11)13(16)7-10-1-3-12(17)4-2-10/h1-4,11,15,17H,5-9H2. The van der Waals surface area contributed by atoms with Crippen LogP contribution in [0, 0.1) is 5.92 Å². The molecule has 0 aliphatic carbocycles. The van der Waals surface area contributed by atoms with Crippen LogP contribution in [0.15, 0.2) is 29.2 Å². The first kappa shape index (κ1) is 12.5. The summed E-state index contributed by atoms with van der Waals surface area (Å²) >= 11 is 4.21. The Kier molecular flexibility index (Phi) is 4.07. The van der Waals surface area contributed by atoms with Crippen molar-refractivity contribution in [2.24, 2.45) is 5.92 Å². The molecule has 1 heterocycles. The minimum atomic E-state index is 0.146. The van der Waals surface area contributed by atoms with Crippen LogP contribution < -0.4 is 0 Å². The Morgan fingerprint density at radius 1 is 1.41 bits per heavy atom. The first-order valence-corrected chi connectivity index (χ1v) is 6.30. The number of hydrogen-bond acceptors (Lipinski definition) is 3. The third kappa shape index (κ3) is 3.23. The Hall–Kier alpha value is -1.00. The van der Waals surface area contributed by atoms with E-state index in [0.29, 0.717) is 13.0 Å². The fourth-order valence-electron chi connectivity index (χ4n) is 2.11. The number of carbonyl (C=O) groups is 1. The van der Waals surface area contributed by atoms with E-state index in [2.05, 4.69) is 12.6 Å². The summed E-state index contributed by atoms with van der Waals surface area (Å²) < 4.78 is 0. The minimum absolute atomic E-state index is 0.146. The molecule has 2 rings (SSSR count). The summed E-state index contributed by atoms with van der Waals surface area (Å²) in [6.45, 7) is 1.65. The normalized spacial score (nSPS) is 19.6. The van der Waals surface area contributed by atoms with Gasteiger partial charge in [-0.1, -0.05) is 12.1 Å². The summed E-state index contributed by atoms with van der Waals surface area (Å²) in [6.07, 6.45) is 1.35. The van der Waals surface area contributed by atoms with Crippen LogP contribution in [0.2, 0.25) is 0 Å². The highest BCUT2D eigenvalue weighted by Crippen LogP contribution is 2.17. The van der Waals surface area contributed by atoms with E-state index >= 15 is 0 Å². The van der Waals surface area contributed by atoms with Crippen molar-refractivity contribution >= 4 is 18.5 Å². The summed E-state index contributed by atoms with van der Waals surface area (Å²) in [5.41, 5.74) is 1.01. The molecule has 0 aromatic heterocycles. The number of likely N-dealkylation sites (tertiary alicyclic amines) is 1. The second-order valence-corrected chi connectivity index (χ2v) is 5.04. The van der Waals surface area contributed by atoms with E-state index in [1.807, 2.05) is 29.2 Å². The highest BCUT2D eigenvalue weighted by Gasteiger charge is 2.25. The maximum absolute atomic E-state index is 12.0. The van der Waals surface area contributed by atoms with E-state index in [1.54, 1.807) is 0 Å². The molecule has 1 atom stereocenters. The van der Waals surface area contributed by atoms with E-state index < -0.39 is 0 Å². The van der Waals surface area contributed by atoms with Gasteiger partial charge in [-0.05, 0) is 24.1 Å². The fourth-order valence-corrected chi connectivity index (χ4v) is 2.26. The fraction of sp³-hybridized carbons (Fsp3) is 0.462. The third-order valence-electron chi connectivity index (χ3n) is 3.19. The van der Waals surface area contributed by atoms with Crippen LogP contribution in [0.4, 0.5) is 0 Å². The highest BCUT2D eigenvalue weighted by atomic mass is 32.1. The van der Waals surface area contributed by atoms with Crippen molar-refractivity contribution in [3.63, 3.8) is 0 Å². The molecule has 17 heavy (non-hydrogen) atoms. The number of hydrogen-bond donors (Lipinski definition) is 2. The number of aliphatic hydroxyl groups excluding tert-OH is 1. The number of nitrogens with zero attached hydrogens (tertiary/aromatic N) is 1. The molecule has 1 fully saturated rings. The molecule has 0 bridgehead atoms. The van der Waals surface area contributed by atoms with Crippen LogP contribution in [0.3, 0.4) is 0 Å². The smallest absolute Gasteiger partial charge is 0.227 e. The van der Waals surface area contributed by atoms with Gasteiger partial charge in [-0.15, -0.1) is 12.6 Å². The zero-order valence-corrected chi connectivity index (χ0v) is 10.6. The molecule has 1 aromatic rings. The Morgan fingerprint density at radius 2 is 2.12 bits per heavy atom. The van der Waals surface area contributed by atoms with Gasteiger partial charge >= 0.3 is 0 Å². The zero-order valence-electron chi connectivity index (χ0n) is 9.67. The predicted octanol–water partition coefficient (Wildman–Crippen LogP) is 1.36. The van der Waals surface area contributed by atoms with Gasteiger partial charge in [0.25, 0.3) is 0 Å². The molecule has 3 nitrogen and oxygen atoms in total. The van der Waals surface area contributed by atoms with Crippen LogP contribution in [0.1, 0.15) is 12.0 Å². The second-order valence-electron chi connectivity index (χ2n) is 4.52. The van der Waals surface area contributed by atoms with Gasteiger partial charge in [0.1, 0.15) is 0 Å². The average molecular weight is 251 g/mol. The van der Waals surface area contributed by atoms with Crippen molar-refractivity contribution in [2.75, 3.05) is 19.7 Å². The van der Waals surface area contributed by atoms with Crippen molar-refractivity contribution in [3.8, 4) is 0 Å². The molecule has 1 N–H and O–H groups in total. The summed E-state index contributed by atoms with van der Waals surface area (Å²) in [7, 11) is 0. The molecule has 1 amide bonds. The van der Waals surface area contributed by atoms with Crippen LogP contribution in [0.5, 0.6) is 0 Å². The molecule has 1 aliphatic heterocycles. The average Bonchev–Trinajstić information content (AvgIpc) is 2.81. The predicted molar refractivity (Wildman–Crippen MR) is 69.2 cm³/mol. The van der Waals surface area contributed by atoms with Gasteiger partial charge in [0, 0.05) is 30.5 Å². The number of benzene rings is 1. The molecule has 1 saturated heterocycles. The number of carbonyl (C=O) groups excluding carboxylic acids is 1. The van der Waals surface area contributed by atoms with Gasteiger partial charge in [-0.25, -0.2) is 0 Å². The Morgan fingerprint density at radius 3 is 2.71 bits per heavy atom. The number of amides is 1. The lowest BCUT2D eigenvalue weighted by atomic mass is 10.1. The monoisotopic (exact) mass is 251 g/mol. The third-order valence-corrected chi connectivity index (χ3v) is 3.49. The van der Waals surface area contributed by atoms with Gasteiger partial charge in [-0.2, -0.15) is 0 Å². The second kappa shape index (κ2) is 5.56. The van der Waals surface area contributed by atoms with Gasteiger partial charge in [0.05, 0.1) is 6.42 Å². The molecule has 0 spiro atoms. The molecule has 1 aromatic carbocycles. The lowest BCUT2D eigenvalue weighted by Crippen LogP contribution is -2.30. The summed E-state index contributed by atoms with van der Waals surface area (Å²) in [5, 5.41) is 9.04. The van der Waals surface area contributed by atoms with Crippen molar-refractivity contribution in [1.82, 2.24) is 4.90 Å². The van der Waals surface area contributed by atoms with Crippen LogP contribution in [-0.2, 0) is 11.2 Å². The molecule has 1 aliphatic rings. The van der Waals surface area contributed by atoms with E-state index in [0.717, 1.165) is 23.4 Å². The Labute approximate surface area is 107 Å². The van der Waals surface area contributed by atoms with Crippen molar-refractivity contribution in [3.05, 3.63) is 29.8 Å². The van der Waals surface area contributed by atoms with Crippen LogP contribution >= 0.6 is 12.6 Å². The lowest BCUT2D eigenvalue weighted by molar-refractivity contribution is -0.129. The van der Waals surface area contributed by atoms with E-state index in [9.17, 15) is 4.79 Å². The van der Waals surface area contributed by atoms with E-state index in [4.69, 9.17) is 5.11 Å². The minimum Gasteiger partial charge on any atom is -0.396 e. The van der Waals surface area contributed by atoms with Crippen LogP contribution in [0.25, 0.3) is 0 Å². The van der Waals surface area contributed by atoms with Crippen molar-refractivity contribution in [2.45, 2.75) is 17.7 Å². The molecule has 0 radical (unpaired) electrons. The quantitative estimate of drug-likeness (QED) is 0.796. The summed E-state index contributed by atoms with van der Waals surface area (Å²) in [5.74, 6) is 0.409. The van der Waals surface area contributed by atoms with E-state index in [1.165, 1.54) is 0 Å². The maximum atomic E-state index is 12.0. The summed E-state index contributed by atoms with van der Waals surface area (Å²) in [6, 6.07) is 7.65. The summed E-state index contributed by atoms with van der Waals surface area (Å²) in [4.78, 5) is 14.7. The molecule has 1 unspecified atom stereocenters. The van der Waals surface area contributed by atoms with Crippen LogP contribution in [-0.4, -0.2) is 35.6 Å². The molecule has 4 heteroatoms. The van der Waals surface area contributed by atoms with Crippen molar-refractivity contribution < 1.29 is 9.90 Å². The largest absolute Gasteiger partial charge is 0.396 e. The lowest BCUT2D eigenvalue weighted by Gasteiger charge is -2.16. The molecule has 92 valence electrons. The van der Waals surface area contributed by atoms with Gasteiger partial charge in [-0.3, -0.25) is 4.79 Å². The Balaban J connectivity index is 1.91. The topological polar surface area (TPSA) is 40.5 Å². The number of thiol groups is 1. The first-order chi connectivity index (χ1) is 8.19. The first-order valence-electron chi connectivity index (χ1n) is 5.85. The van der Waals surface area contributed by atoms with Gasteiger partial charge in [0.2, 0.25) is 5.91 Å². The highest BCUT2D eigenvalue weighted by molar-refractivity contribution is 7.80. The zero-order chi connectivity index (χ0) is 12.3.